The van der Waals surface area contributed by atoms with Crippen molar-refractivity contribution >= 4 is 26.7 Å². The van der Waals surface area contributed by atoms with Crippen molar-refractivity contribution in [1.82, 2.24) is 0 Å². The maximum absolute atomic E-state index is 12.8. The van der Waals surface area contributed by atoms with E-state index in [4.69, 9.17) is 4.42 Å². The number of aromatic hydroxyl groups is 1. The summed E-state index contributed by atoms with van der Waals surface area (Å²) in [6, 6.07) is 21.3. The maximum atomic E-state index is 12.8. The first-order valence-electron chi connectivity index (χ1n) is 8.37. The summed E-state index contributed by atoms with van der Waals surface area (Å²) in [7, 11) is -3.86. The van der Waals surface area contributed by atoms with Gasteiger partial charge in [-0.3, -0.25) is 4.72 Å². The highest BCUT2D eigenvalue weighted by Crippen LogP contribution is 2.28. The van der Waals surface area contributed by atoms with Gasteiger partial charge in [-0.25, -0.2) is 13.2 Å². The Labute approximate surface area is 160 Å². The lowest BCUT2D eigenvalue weighted by Crippen LogP contribution is -2.13. The molecule has 4 aromatic rings. The van der Waals surface area contributed by atoms with Gasteiger partial charge < -0.3 is 9.52 Å². The standard InChI is InChI=1S/C21H15NO5S/c23-19-13-21(24)27-20-10-9-16(12-18(19)20)22-28(25,26)17-8-4-7-15(11-17)14-5-2-1-3-6-14/h1-13,22-23H. The van der Waals surface area contributed by atoms with Crippen LogP contribution in [0.2, 0.25) is 0 Å². The molecule has 140 valence electrons. The highest BCUT2D eigenvalue weighted by Gasteiger charge is 2.16. The second-order valence-electron chi connectivity index (χ2n) is 6.16. The molecule has 7 heteroatoms. The largest absolute Gasteiger partial charge is 0.507 e. The van der Waals surface area contributed by atoms with Gasteiger partial charge in [-0.05, 0) is 41.5 Å². The van der Waals surface area contributed by atoms with Crippen LogP contribution < -0.4 is 10.3 Å². The van der Waals surface area contributed by atoms with Crippen LogP contribution in [0.1, 0.15) is 0 Å². The monoisotopic (exact) mass is 393 g/mol. The maximum Gasteiger partial charge on any atom is 0.339 e. The lowest BCUT2D eigenvalue weighted by atomic mass is 10.1. The van der Waals surface area contributed by atoms with Gasteiger partial charge in [0.15, 0.2) is 0 Å². The zero-order valence-electron chi connectivity index (χ0n) is 14.5. The molecule has 4 rings (SSSR count). The molecular formula is C21H15NO5S. The fourth-order valence-electron chi connectivity index (χ4n) is 2.90. The molecule has 0 aliphatic heterocycles. The first-order chi connectivity index (χ1) is 13.4. The minimum Gasteiger partial charge on any atom is -0.507 e. The predicted octanol–water partition coefficient (Wildman–Crippen LogP) is 3.97. The molecule has 3 aromatic carbocycles. The van der Waals surface area contributed by atoms with E-state index < -0.39 is 15.6 Å². The van der Waals surface area contributed by atoms with Crippen molar-refractivity contribution < 1.29 is 17.9 Å². The first-order valence-corrected chi connectivity index (χ1v) is 9.86. The molecule has 6 nitrogen and oxygen atoms in total. The third-order valence-corrected chi connectivity index (χ3v) is 5.60. The Morgan fingerprint density at radius 1 is 0.821 bits per heavy atom. The number of hydrogen-bond acceptors (Lipinski definition) is 5. The Morgan fingerprint density at radius 2 is 1.57 bits per heavy atom. The third kappa shape index (κ3) is 3.47. The Hall–Kier alpha value is -3.58. The van der Waals surface area contributed by atoms with Crippen LogP contribution in [0.4, 0.5) is 5.69 Å². The van der Waals surface area contributed by atoms with Gasteiger partial charge in [0.05, 0.1) is 16.3 Å². The van der Waals surface area contributed by atoms with Gasteiger partial charge in [0.2, 0.25) is 0 Å². The molecular weight excluding hydrogens is 378 g/mol. The molecule has 0 amide bonds. The van der Waals surface area contributed by atoms with Crippen LogP contribution in [0.3, 0.4) is 0 Å². The van der Waals surface area contributed by atoms with E-state index in [1.165, 1.54) is 24.3 Å². The van der Waals surface area contributed by atoms with Crippen molar-refractivity contribution in [1.29, 1.82) is 0 Å². The van der Waals surface area contributed by atoms with Gasteiger partial charge in [-0.15, -0.1) is 0 Å². The molecule has 0 atom stereocenters. The van der Waals surface area contributed by atoms with Crippen molar-refractivity contribution in [3.63, 3.8) is 0 Å². The molecule has 0 saturated heterocycles. The molecule has 2 N–H and O–H groups in total. The molecule has 0 unspecified atom stereocenters. The van der Waals surface area contributed by atoms with Crippen LogP contribution in [0.15, 0.2) is 93.0 Å². The second-order valence-corrected chi connectivity index (χ2v) is 7.84. The zero-order valence-corrected chi connectivity index (χ0v) is 15.3. The fraction of sp³-hybridized carbons (Fsp3) is 0. The van der Waals surface area contributed by atoms with E-state index in [1.807, 2.05) is 36.4 Å². The lowest BCUT2D eigenvalue weighted by molar-refractivity contribution is 0.468. The topological polar surface area (TPSA) is 96.6 Å². The summed E-state index contributed by atoms with van der Waals surface area (Å²) in [5.41, 5.74) is 1.41. The molecule has 0 bridgehead atoms. The van der Waals surface area contributed by atoms with Crippen molar-refractivity contribution in [3.05, 3.63) is 89.3 Å². The van der Waals surface area contributed by atoms with Crippen molar-refractivity contribution in [2.24, 2.45) is 0 Å². The minimum absolute atomic E-state index is 0.109. The van der Waals surface area contributed by atoms with Gasteiger partial charge in [0, 0.05) is 5.69 Å². The number of benzene rings is 3. The molecule has 0 spiro atoms. The van der Waals surface area contributed by atoms with E-state index in [9.17, 15) is 18.3 Å². The number of fused-ring (bicyclic) bond motifs is 1. The summed E-state index contributed by atoms with van der Waals surface area (Å²) in [6.45, 7) is 0. The van der Waals surface area contributed by atoms with Crippen molar-refractivity contribution in [2.75, 3.05) is 4.72 Å². The van der Waals surface area contributed by atoms with Crippen LogP contribution in [0.5, 0.6) is 5.75 Å². The van der Waals surface area contributed by atoms with Gasteiger partial charge in [-0.1, -0.05) is 42.5 Å². The normalized spacial score (nSPS) is 11.4. The summed E-state index contributed by atoms with van der Waals surface area (Å²) >= 11 is 0. The van der Waals surface area contributed by atoms with Crippen LogP contribution in [0, 0.1) is 0 Å². The van der Waals surface area contributed by atoms with Gasteiger partial charge in [0.25, 0.3) is 10.0 Å². The van der Waals surface area contributed by atoms with E-state index in [-0.39, 0.29) is 27.3 Å². The molecule has 0 aliphatic carbocycles. The van der Waals surface area contributed by atoms with E-state index in [2.05, 4.69) is 4.72 Å². The molecule has 0 aliphatic rings. The smallest absolute Gasteiger partial charge is 0.339 e. The number of sulfonamides is 1. The average molecular weight is 393 g/mol. The number of nitrogens with one attached hydrogen (secondary N) is 1. The van der Waals surface area contributed by atoms with E-state index in [1.54, 1.807) is 12.1 Å². The van der Waals surface area contributed by atoms with E-state index in [0.717, 1.165) is 17.2 Å². The number of hydrogen-bond donors (Lipinski definition) is 2. The Balaban J connectivity index is 1.70. The van der Waals surface area contributed by atoms with Crippen LogP contribution >= 0.6 is 0 Å². The molecule has 1 aromatic heterocycles. The quantitative estimate of drug-likeness (QED) is 0.512. The van der Waals surface area contributed by atoms with Crippen molar-refractivity contribution in [2.45, 2.75) is 4.90 Å². The molecule has 0 saturated carbocycles. The lowest BCUT2D eigenvalue weighted by Gasteiger charge is -2.10. The predicted molar refractivity (Wildman–Crippen MR) is 107 cm³/mol. The molecule has 0 fully saturated rings. The Kier molecular flexibility index (Phi) is 4.37. The second kappa shape index (κ2) is 6.86. The zero-order chi connectivity index (χ0) is 19.7. The third-order valence-electron chi connectivity index (χ3n) is 4.22. The van der Waals surface area contributed by atoms with E-state index >= 15 is 0 Å². The summed E-state index contributed by atoms with van der Waals surface area (Å²) in [5.74, 6) is -0.279. The Morgan fingerprint density at radius 3 is 2.36 bits per heavy atom. The summed E-state index contributed by atoms with van der Waals surface area (Å²) in [5, 5.41) is 10.2. The van der Waals surface area contributed by atoms with Crippen LogP contribution in [-0.2, 0) is 10.0 Å². The van der Waals surface area contributed by atoms with Gasteiger partial charge >= 0.3 is 5.63 Å². The van der Waals surface area contributed by atoms with Crippen molar-refractivity contribution in [3.8, 4) is 16.9 Å². The molecule has 1 heterocycles. The SMILES string of the molecule is O=c1cc(O)c2cc(NS(=O)(=O)c3cccc(-c4ccccc4)c3)ccc2o1. The first kappa shape index (κ1) is 17.8. The molecule has 28 heavy (non-hydrogen) atoms. The highest BCUT2D eigenvalue weighted by atomic mass is 32.2. The van der Waals surface area contributed by atoms with Crippen LogP contribution in [-0.4, -0.2) is 13.5 Å². The van der Waals surface area contributed by atoms with Gasteiger partial charge in [-0.2, -0.15) is 0 Å². The fourth-order valence-corrected chi connectivity index (χ4v) is 3.99. The molecule has 0 radical (unpaired) electrons. The average Bonchev–Trinajstić information content (AvgIpc) is 2.69. The minimum atomic E-state index is -3.86. The summed E-state index contributed by atoms with van der Waals surface area (Å²) in [4.78, 5) is 11.4. The Bertz CT molecular complexity index is 1330. The van der Waals surface area contributed by atoms with Crippen LogP contribution in [0.25, 0.3) is 22.1 Å². The highest BCUT2D eigenvalue weighted by molar-refractivity contribution is 7.92. The number of anilines is 1. The van der Waals surface area contributed by atoms with Gasteiger partial charge in [0.1, 0.15) is 11.3 Å². The van der Waals surface area contributed by atoms with E-state index in [0.29, 0.717) is 0 Å². The summed E-state index contributed by atoms with van der Waals surface area (Å²) < 4.78 is 33.1. The summed E-state index contributed by atoms with van der Waals surface area (Å²) in [6.07, 6.45) is 0. The number of rotatable bonds is 4.